The first kappa shape index (κ1) is 12.3. The van der Waals surface area contributed by atoms with Gasteiger partial charge in [-0.1, -0.05) is 0 Å². The molecule has 1 aliphatic rings. The summed E-state index contributed by atoms with van der Waals surface area (Å²) in [5.74, 6) is 0.309. The Balaban J connectivity index is 2.00. The van der Waals surface area contributed by atoms with Gasteiger partial charge in [-0.25, -0.2) is 4.98 Å². The fraction of sp³-hybridized carbons (Fsp3) is 0.417. The molecule has 1 aromatic rings. The van der Waals surface area contributed by atoms with Crippen LogP contribution in [0.2, 0.25) is 0 Å². The Bertz CT molecular complexity index is 444. The molecule has 1 saturated heterocycles. The van der Waals surface area contributed by atoms with Gasteiger partial charge in [-0.05, 0) is 25.0 Å². The van der Waals surface area contributed by atoms with Gasteiger partial charge in [-0.3, -0.25) is 9.59 Å². The highest BCUT2D eigenvalue weighted by molar-refractivity contribution is 5.97. The van der Waals surface area contributed by atoms with Crippen LogP contribution in [-0.4, -0.2) is 36.4 Å². The summed E-state index contributed by atoms with van der Waals surface area (Å²) >= 11 is 0. The molecule has 1 aromatic heterocycles. The lowest BCUT2D eigenvalue weighted by Crippen LogP contribution is -2.50. The van der Waals surface area contributed by atoms with Crippen LogP contribution in [0.1, 0.15) is 23.2 Å². The van der Waals surface area contributed by atoms with Gasteiger partial charge in [0.05, 0.1) is 5.56 Å². The fourth-order valence-electron chi connectivity index (χ4n) is 1.83. The molecular weight excluding hydrogens is 232 g/mol. The zero-order chi connectivity index (χ0) is 13.0. The summed E-state index contributed by atoms with van der Waals surface area (Å²) in [5.41, 5.74) is 0.451. The second-order valence-electron chi connectivity index (χ2n) is 4.14. The smallest absolute Gasteiger partial charge is 0.253 e. The maximum atomic E-state index is 11.9. The summed E-state index contributed by atoms with van der Waals surface area (Å²) in [6.45, 7) is 0.684. The van der Waals surface area contributed by atoms with Crippen LogP contribution in [0.5, 0.6) is 0 Å². The van der Waals surface area contributed by atoms with Crippen molar-refractivity contribution in [2.24, 2.45) is 0 Å². The molecule has 6 nitrogen and oxygen atoms in total. The topological polar surface area (TPSA) is 83.1 Å². The Kier molecular flexibility index (Phi) is 3.76. The summed E-state index contributed by atoms with van der Waals surface area (Å²) < 4.78 is 0. The number of aromatic nitrogens is 1. The molecule has 0 radical (unpaired) electrons. The van der Waals surface area contributed by atoms with Gasteiger partial charge in [-0.2, -0.15) is 0 Å². The molecule has 1 atom stereocenters. The van der Waals surface area contributed by atoms with E-state index >= 15 is 0 Å². The van der Waals surface area contributed by atoms with Crippen molar-refractivity contribution in [1.29, 1.82) is 0 Å². The van der Waals surface area contributed by atoms with Crippen LogP contribution in [0.4, 0.5) is 5.82 Å². The monoisotopic (exact) mass is 248 g/mol. The highest BCUT2D eigenvalue weighted by atomic mass is 16.2. The highest BCUT2D eigenvalue weighted by Gasteiger charge is 2.23. The van der Waals surface area contributed by atoms with Crippen LogP contribution < -0.4 is 16.0 Å². The summed E-state index contributed by atoms with van der Waals surface area (Å²) in [6.07, 6.45) is 3.05. The van der Waals surface area contributed by atoms with E-state index < -0.39 is 6.04 Å². The van der Waals surface area contributed by atoms with E-state index in [0.29, 0.717) is 24.3 Å². The largest absolute Gasteiger partial charge is 0.373 e. The molecule has 0 spiro atoms. The maximum absolute atomic E-state index is 11.9. The van der Waals surface area contributed by atoms with Crippen LogP contribution in [0.25, 0.3) is 0 Å². The number of hydrogen-bond donors (Lipinski definition) is 3. The van der Waals surface area contributed by atoms with Crippen molar-refractivity contribution < 1.29 is 9.59 Å². The Morgan fingerprint density at radius 3 is 2.94 bits per heavy atom. The van der Waals surface area contributed by atoms with Gasteiger partial charge in [-0.15, -0.1) is 0 Å². The average Bonchev–Trinajstić information content (AvgIpc) is 2.41. The SMILES string of the molecule is CNc1ccc(C(=O)NC2CCCNC2=O)cn1. The number of rotatable bonds is 3. The summed E-state index contributed by atoms with van der Waals surface area (Å²) in [5, 5.41) is 8.31. The molecule has 6 heteroatoms. The van der Waals surface area contributed by atoms with E-state index in [2.05, 4.69) is 20.9 Å². The molecule has 0 saturated carbocycles. The van der Waals surface area contributed by atoms with Crippen molar-refractivity contribution in [2.75, 3.05) is 18.9 Å². The Hall–Kier alpha value is -2.11. The molecule has 2 heterocycles. The van der Waals surface area contributed by atoms with E-state index in [4.69, 9.17) is 0 Å². The normalized spacial score (nSPS) is 18.9. The predicted molar refractivity (Wildman–Crippen MR) is 67.3 cm³/mol. The standard InChI is InChI=1S/C12H16N4O2/c1-13-10-5-4-8(7-15-10)11(17)16-9-3-2-6-14-12(9)18/h4-5,7,9H,2-3,6H2,1H3,(H,13,15)(H,14,18)(H,16,17). The summed E-state index contributed by atoms with van der Waals surface area (Å²) in [6, 6.07) is 2.96. The van der Waals surface area contributed by atoms with Crippen LogP contribution in [0.3, 0.4) is 0 Å². The Morgan fingerprint density at radius 2 is 2.33 bits per heavy atom. The van der Waals surface area contributed by atoms with Gasteiger partial charge >= 0.3 is 0 Å². The molecule has 2 amide bonds. The number of amides is 2. The quantitative estimate of drug-likeness (QED) is 0.710. The predicted octanol–water partition coefficient (Wildman–Crippen LogP) is 0.132. The van der Waals surface area contributed by atoms with Crippen molar-refractivity contribution in [1.82, 2.24) is 15.6 Å². The van der Waals surface area contributed by atoms with E-state index in [1.807, 2.05) is 0 Å². The van der Waals surface area contributed by atoms with Gasteiger partial charge < -0.3 is 16.0 Å². The number of nitrogens with one attached hydrogen (secondary N) is 3. The minimum Gasteiger partial charge on any atom is -0.373 e. The number of pyridine rings is 1. The molecule has 1 fully saturated rings. The zero-order valence-corrected chi connectivity index (χ0v) is 10.2. The first-order chi connectivity index (χ1) is 8.70. The first-order valence-corrected chi connectivity index (χ1v) is 5.93. The van der Waals surface area contributed by atoms with Crippen molar-refractivity contribution in [3.05, 3.63) is 23.9 Å². The fourth-order valence-corrected chi connectivity index (χ4v) is 1.83. The molecule has 2 rings (SSSR count). The molecular formula is C12H16N4O2. The summed E-state index contributed by atoms with van der Waals surface area (Å²) in [7, 11) is 1.76. The number of anilines is 1. The van der Waals surface area contributed by atoms with Crippen molar-refractivity contribution in [3.8, 4) is 0 Å². The minimum atomic E-state index is -0.435. The molecule has 3 N–H and O–H groups in total. The number of nitrogens with zero attached hydrogens (tertiary/aromatic N) is 1. The number of carbonyl (C=O) groups is 2. The zero-order valence-electron chi connectivity index (χ0n) is 10.2. The van der Waals surface area contributed by atoms with E-state index in [1.165, 1.54) is 6.20 Å². The van der Waals surface area contributed by atoms with E-state index in [-0.39, 0.29) is 11.8 Å². The van der Waals surface area contributed by atoms with Crippen LogP contribution in [0, 0.1) is 0 Å². The third-order valence-electron chi connectivity index (χ3n) is 2.87. The Labute approximate surface area is 105 Å². The van der Waals surface area contributed by atoms with Gasteiger partial charge in [0, 0.05) is 19.8 Å². The van der Waals surface area contributed by atoms with E-state index in [1.54, 1.807) is 19.2 Å². The van der Waals surface area contributed by atoms with E-state index in [0.717, 1.165) is 6.42 Å². The lowest BCUT2D eigenvalue weighted by atomic mass is 10.1. The number of carbonyl (C=O) groups excluding carboxylic acids is 2. The second-order valence-corrected chi connectivity index (χ2v) is 4.14. The molecule has 1 unspecified atom stereocenters. The maximum Gasteiger partial charge on any atom is 0.253 e. The van der Waals surface area contributed by atoms with Gasteiger partial charge in [0.1, 0.15) is 11.9 Å². The van der Waals surface area contributed by atoms with Crippen LogP contribution in [-0.2, 0) is 4.79 Å². The van der Waals surface area contributed by atoms with Crippen molar-refractivity contribution >= 4 is 17.6 Å². The van der Waals surface area contributed by atoms with E-state index in [9.17, 15) is 9.59 Å². The highest BCUT2D eigenvalue weighted by Crippen LogP contribution is 2.07. The molecule has 0 aliphatic carbocycles. The Morgan fingerprint density at radius 1 is 1.50 bits per heavy atom. The van der Waals surface area contributed by atoms with Crippen molar-refractivity contribution in [2.45, 2.75) is 18.9 Å². The molecule has 96 valence electrons. The van der Waals surface area contributed by atoms with Crippen LogP contribution in [0.15, 0.2) is 18.3 Å². The van der Waals surface area contributed by atoms with Crippen LogP contribution >= 0.6 is 0 Å². The van der Waals surface area contributed by atoms with Gasteiger partial charge in [0.25, 0.3) is 5.91 Å². The van der Waals surface area contributed by atoms with Crippen molar-refractivity contribution in [3.63, 3.8) is 0 Å². The lowest BCUT2D eigenvalue weighted by Gasteiger charge is -2.22. The molecule has 0 bridgehead atoms. The second kappa shape index (κ2) is 5.48. The third kappa shape index (κ3) is 2.77. The third-order valence-corrected chi connectivity index (χ3v) is 2.87. The number of piperidine rings is 1. The molecule has 18 heavy (non-hydrogen) atoms. The minimum absolute atomic E-state index is 0.116. The molecule has 0 aromatic carbocycles. The van der Waals surface area contributed by atoms with Gasteiger partial charge in [0.2, 0.25) is 5.91 Å². The molecule has 1 aliphatic heterocycles. The first-order valence-electron chi connectivity index (χ1n) is 5.93. The lowest BCUT2D eigenvalue weighted by molar-refractivity contribution is -0.124. The van der Waals surface area contributed by atoms with Gasteiger partial charge in [0.15, 0.2) is 0 Å². The summed E-state index contributed by atoms with van der Waals surface area (Å²) in [4.78, 5) is 27.5. The average molecular weight is 248 g/mol. The number of hydrogen-bond acceptors (Lipinski definition) is 4.